The molecule has 0 aromatic heterocycles. The Hall–Kier alpha value is -1.92. The number of esters is 1. The number of amides is 3. The van der Waals surface area contributed by atoms with Gasteiger partial charge in [-0.3, -0.25) is 24.1 Å². The van der Waals surface area contributed by atoms with Crippen molar-refractivity contribution < 1.29 is 23.9 Å². The molecular weight excluding hydrogens is 276 g/mol. The van der Waals surface area contributed by atoms with Crippen LogP contribution in [-0.4, -0.2) is 48.3 Å². The largest absolute Gasteiger partial charge is 0.454 e. The summed E-state index contributed by atoms with van der Waals surface area (Å²) in [7, 11) is 0. The zero-order valence-electron chi connectivity index (χ0n) is 12.1. The fourth-order valence-electron chi connectivity index (χ4n) is 2.96. The molecule has 1 aliphatic carbocycles. The van der Waals surface area contributed by atoms with Crippen LogP contribution >= 0.6 is 0 Å². The van der Waals surface area contributed by atoms with E-state index in [9.17, 15) is 19.2 Å². The molecular formula is C14H20N2O5. The predicted octanol–water partition coefficient (Wildman–Crippen LogP) is -0.159. The number of carbonyl (C=O) groups is 4. The van der Waals surface area contributed by atoms with Crippen LogP contribution in [-0.2, 0) is 23.9 Å². The lowest BCUT2D eigenvalue weighted by Crippen LogP contribution is -2.38. The summed E-state index contributed by atoms with van der Waals surface area (Å²) in [4.78, 5) is 48.1. The monoisotopic (exact) mass is 296 g/mol. The molecule has 1 N–H and O–H groups in total. The molecule has 0 unspecified atom stereocenters. The Kier molecular flexibility index (Phi) is 4.93. The second kappa shape index (κ2) is 6.69. The zero-order chi connectivity index (χ0) is 15.4. The fraction of sp³-hybridized carbons (Fsp3) is 0.714. The highest BCUT2D eigenvalue weighted by molar-refractivity contribution is 6.07. The number of carbonyl (C=O) groups excluding carboxylic acids is 4. The Labute approximate surface area is 123 Å². The summed E-state index contributed by atoms with van der Waals surface area (Å²) in [6.45, 7) is 1.41. The van der Waals surface area contributed by atoms with E-state index in [-0.39, 0.29) is 23.7 Å². The molecule has 1 saturated heterocycles. The normalized spacial score (nSPS) is 24.7. The van der Waals surface area contributed by atoms with Gasteiger partial charge >= 0.3 is 5.97 Å². The lowest BCUT2D eigenvalue weighted by molar-refractivity contribution is -0.154. The van der Waals surface area contributed by atoms with Crippen LogP contribution in [0.2, 0.25) is 0 Å². The molecule has 1 heterocycles. The molecule has 0 aromatic rings. The van der Waals surface area contributed by atoms with E-state index in [0.717, 1.165) is 17.7 Å². The first kappa shape index (κ1) is 15.5. The number of hydrogen-bond donors (Lipinski definition) is 1. The number of imide groups is 1. The Morgan fingerprint density at radius 1 is 1.19 bits per heavy atom. The molecule has 116 valence electrons. The summed E-state index contributed by atoms with van der Waals surface area (Å²) in [5.41, 5.74) is 0. The number of fused-ring (bicyclic) bond motifs is 1. The van der Waals surface area contributed by atoms with Crippen LogP contribution in [0.4, 0.5) is 0 Å². The topological polar surface area (TPSA) is 92.8 Å². The number of nitrogens with one attached hydrogen (secondary N) is 1. The van der Waals surface area contributed by atoms with Gasteiger partial charge in [-0.05, 0) is 19.8 Å². The van der Waals surface area contributed by atoms with Gasteiger partial charge in [0.15, 0.2) is 6.61 Å². The van der Waals surface area contributed by atoms with Gasteiger partial charge in [-0.25, -0.2) is 0 Å². The molecule has 1 aliphatic heterocycles. The van der Waals surface area contributed by atoms with Crippen LogP contribution in [0.25, 0.3) is 0 Å². The average Bonchev–Trinajstić information content (AvgIpc) is 2.71. The van der Waals surface area contributed by atoms with Gasteiger partial charge in [0, 0.05) is 6.54 Å². The van der Waals surface area contributed by atoms with Crippen LogP contribution in [0.3, 0.4) is 0 Å². The van der Waals surface area contributed by atoms with Crippen LogP contribution in [0.1, 0.15) is 32.6 Å². The highest BCUT2D eigenvalue weighted by Crippen LogP contribution is 2.37. The molecule has 2 aliphatic rings. The molecule has 2 rings (SSSR count). The van der Waals surface area contributed by atoms with E-state index in [2.05, 4.69) is 5.32 Å². The number of ether oxygens (including phenoxy) is 1. The van der Waals surface area contributed by atoms with E-state index in [1.165, 1.54) is 0 Å². The van der Waals surface area contributed by atoms with Crippen molar-refractivity contribution in [1.82, 2.24) is 10.2 Å². The Morgan fingerprint density at radius 2 is 1.76 bits per heavy atom. The maximum atomic E-state index is 12.1. The third kappa shape index (κ3) is 3.40. The molecule has 0 radical (unpaired) electrons. The van der Waals surface area contributed by atoms with Gasteiger partial charge in [0.1, 0.15) is 6.54 Å². The van der Waals surface area contributed by atoms with E-state index >= 15 is 0 Å². The fourth-order valence-corrected chi connectivity index (χ4v) is 2.96. The summed E-state index contributed by atoms with van der Waals surface area (Å²) >= 11 is 0. The lowest BCUT2D eigenvalue weighted by Gasteiger charge is -2.19. The van der Waals surface area contributed by atoms with E-state index < -0.39 is 25.0 Å². The van der Waals surface area contributed by atoms with E-state index in [4.69, 9.17) is 4.74 Å². The maximum absolute atomic E-state index is 12.1. The summed E-state index contributed by atoms with van der Waals surface area (Å²) in [5, 5.41) is 2.49. The second-order valence-corrected chi connectivity index (χ2v) is 5.37. The molecule has 3 amide bonds. The van der Waals surface area contributed by atoms with Gasteiger partial charge in [-0.1, -0.05) is 12.8 Å². The lowest BCUT2D eigenvalue weighted by atomic mass is 9.81. The van der Waals surface area contributed by atoms with Crippen molar-refractivity contribution in [2.45, 2.75) is 32.6 Å². The van der Waals surface area contributed by atoms with Crippen molar-refractivity contribution >= 4 is 23.7 Å². The Morgan fingerprint density at radius 3 is 2.29 bits per heavy atom. The van der Waals surface area contributed by atoms with Gasteiger partial charge in [0.2, 0.25) is 11.8 Å². The number of hydrogen-bond acceptors (Lipinski definition) is 5. The molecule has 1 saturated carbocycles. The summed E-state index contributed by atoms with van der Waals surface area (Å²) in [5.74, 6) is -2.25. The Balaban J connectivity index is 1.87. The number of rotatable bonds is 5. The number of likely N-dealkylation sites (tertiary alicyclic amines) is 1. The third-order valence-electron chi connectivity index (χ3n) is 3.96. The SMILES string of the molecule is CCNC(=O)COC(=O)CN1C(=O)[C@@H]2CCCC[C@H]2C1=O. The van der Waals surface area contributed by atoms with Crippen molar-refractivity contribution in [1.29, 1.82) is 0 Å². The molecule has 7 nitrogen and oxygen atoms in total. The third-order valence-corrected chi connectivity index (χ3v) is 3.96. The minimum Gasteiger partial charge on any atom is -0.454 e. The first-order valence-corrected chi connectivity index (χ1v) is 7.32. The molecule has 0 aromatic carbocycles. The minimum atomic E-state index is -0.735. The van der Waals surface area contributed by atoms with E-state index in [0.29, 0.717) is 19.4 Å². The molecule has 2 atom stereocenters. The first-order chi connectivity index (χ1) is 10.0. The molecule has 2 fully saturated rings. The van der Waals surface area contributed by atoms with Crippen molar-refractivity contribution in [2.75, 3.05) is 19.7 Å². The van der Waals surface area contributed by atoms with Gasteiger partial charge < -0.3 is 10.1 Å². The van der Waals surface area contributed by atoms with Gasteiger partial charge in [-0.15, -0.1) is 0 Å². The van der Waals surface area contributed by atoms with Crippen LogP contribution in [0.5, 0.6) is 0 Å². The van der Waals surface area contributed by atoms with Crippen molar-refractivity contribution in [2.24, 2.45) is 11.8 Å². The number of nitrogens with zero attached hydrogens (tertiary/aromatic N) is 1. The molecule has 0 bridgehead atoms. The quantitative estimate of drug-likeness (QED) is 0.562. The summed E-state index contributed by atoms with van der Waals surface area (Å²) < 4.78 is 4.77. The standard InChI is InChI=1S/C14H20N2O5/c1-2-15-11(17)8-21-12(18)7-16-13(19)9-5-3-4-6-10(9)14(16)20/h9-10H,2-8H2,1H3,(H,15,17)/t9-,10-/m1/s1. The molecule has 0 spiro atoms. The van der Waals surface area contributed by atoms with Crippen molar-refractivity contribution in [3.63, 3.8) is 0 Å². The van der Waals surface area contributed by atoms with Crippen LogP contribution < -0.4 is 5.32 Å². The summed E-state index contributed by atoms with van der Waals surface area (Å²) in [6, 6.07) is 0. The second-order valence-electron chi connectivity index (χ2n) is 5.37. The van der Waals surface area contributed by atoms with E-state index in [1.54, 1.807) is 6.92 Å². The van der Waals surface area contributed by atoms with Crippen molar-refractivity contribution in [3.05, 3.63) is 0 Å². The van der Waals surface area contributed by atoms with Gasteiger partial charge in [-0.2, -0.15) is 0 Å². The van der Waals surface area contributed by atoms with E-state index in [1.807, 2.05) is 0 Å². The average molecular weight is 296 g/mol. The molecule has 7 heteroatoms. The minimum absolute atomic E-state index is 0.276. The number of likely N-dealkylation sites (N-methyl/N-ethyl adjacent to an activating group) is 1. The molecule has 21 heavy (non-hydrogen) atoms. The van der Waals surface area contributed by atoms with Crippen LogP contribution in [0, 0.1) is 11.8 Å². The maximum Gasteiger partial charge on any atom is 0.326 e. The predicted molar refractivity (Wildman–Crippen MR) is 71.8 cm³/mol. The smallest absolute Gasteiger partial charge is 0.326 e. The highest BCUT2D eigenvalue weighted by Gasteiger charge is 2.48. The first-order valence-electron chi connectivity index (χ1n) is 7.32. The van der Waals surface area contributed by atoms with Gasteiger partial charge in [0.05, 0.1) is 11.8 Å². The highest BCUT2D eigenvalue weighted by atomic mass is 16.5. The van der Waals surface area contributed by atoms with Gasteiger partial charge in [0.25, 0.3) is 5.91 Å². The van der Waals surface area contributed by atoms with Crippen molar-refractivity contribution in [3.8, 4) is 0 Å². The Bertz CT molecular complexity index is 438. The van der Waals surface area contributed by atoms with Crippen LogP contribution in [0.15, 0.2) is 0 Å². The zero-order valence-corrected chi connectivity index (χ0v) is 12.1. The summed E-state index contributed by atoms with van der Waals surface area (Å²) in [6.07, 6.45) is 3.30.